The second-order valence-corrected chi connectivity index (χ2v) is 7.94. The third-order valence-electron chi connectivity index (χ3n) is 4.53. The van der Waals surface area contributed by atoms with Gasteiger partial charge in [0.1, 0.15) is 6.61 Å². The molecule has 0 aliphatic rings. The molecule has 11 heteroatoms. The first-order valence-electron chi connectivity index (χ1n) is 10.7. The Morgan fingerprint density at radius 3 is 2.20 bits per heavy atom. The highest BCUT2D eigenvalue weighted by atomic mass is 79.9. The highest BCUT2D eigenvalue weighted by Gasteiger charge is 2.18. The number of carboxylic acids is 1. The van der Waals surface area contributed by atoms with Crippen molar-refractivity contribution >= 4 is 39.5 Å². The van der Waals surface area contributed by atoms with Gasteiger partial charge in [0.25, 0.3) is 0 Å². The van der Waals surface area contributed by atoms with Crippen molar-refractivity contribution in [2.75, 3.05) is 58.8 Å². The SMILES string of the molecule is COCCOCCOCCOC(=O)OCNc1c(CC(=O)O)cccc1C(=O)c1ccc(Br)cc1. The maximum absolute atomic E-state index is 13.1. The van der Waals surface area contributed by atoms with Crippen LogP contribution in [0, 0.1) is 0 Å². The number of methoxy groups -OCH3 is 1. The number of hydrogen-bond donors (Lipinski definition) is 2. The van der Waals surface area contributed by atoms with Crippen LogP contribution in [0.15, 0.2) is 46.9 Å². The topological polar surface area (TPSA) is 130 Å². The molecule has 10 nitrogen and oxygen atoms in total. The van der Waals surface area contributed by atoms with Crippen LogP contribution >= 0.6 is 15.9 Å². The fourth-order valence-corrected chi connectivity index (χ4v) is 3.19. The van der Waals surface area contributed by atoms with E-state index in [1.54, 1.807) is 49.6 Å². The fourth-order valence-electron chi connectivity index (χ4n) is 2.92. The van der Waals surface area contributed by atoms with Gasteiger partial charge in [-0.25, -0.2) is 4.79 Å². The van der Waals surface area contributed by atoms with Crippen molar-refractivity contribution in [2.45, 2.75) is 6.42 Å². The molecule has 35 heavy (non-hydrogen) atoms. The summed E-state index contributed by atoms with van der Waals surface area (Å²) in [6.07, 6.45) is -1.25. The van der Waals surface area contributed by atoms with Crippen LogP contribution in [0.25, 0.3) is 0 Å². The molecule has 0 spiro atoms. The van der Waals surface area contributed by atoms with Gasteiger partial charge in [-0.05, 0) is 35.9 Å². The summed E-state index contributed by atoms with van der Waals surface area (Å²) in [6.45, 7) is 1.55. The van der Waals surface area contributed by atoms with E-state index in [1.807, 2.05) is 0 Å². The number of carbonyl (C=O) groups is 3. The van der Waals surface area contributed by atoms with Gasteiger partial charge >= 0.3 is 12.1 Å². The Morgan fingerprint density at radius 2 is 1.54 bits per heavy atom. The first kappa shape index (κ1) is 28.2. The van der Waals surface area contributed by atoms with Crippen LogP contribution in [-0.2, 0) is 34.9 Å². The van der Waals surface area contributed by atoms with E-state index in [1.165, 1.54) is 0 Å². The zero-order valence-electron chi connectivity index (χ0n) is 19.3. The fraction of sp³-hybridized carbons (Fsp3) is 0.375. The van der Waals surface area contributed by atoms with Gasteiger partial charge in [0.15, 0.2) is 12.5 Å². The summed E-state index contributed by atoms with van der Waals surface area (Å²) < 4.78 is 26.1. The maximum atomic E-state index is 13.1. The molecule has 0 saturated heterocycles. The number of hydrogen-bond acceptors (Lipinski definition) is 9. The third-order valence-corrected chi connectivity index (χ3v) is 5.06. The Bertz CT molecular complexity index is 966. The molecule has 2 rings (SSSR count). The van der Waals surface area contributed by atoms with Crippen molar-refractivity contribution in [1.29, 1.82) is 0 Å². The molecule has 0 bridgehead atoms. The Kier molecular flexibility index (Phi) is 12.8. The van der Waals surface area contributed by atoms with Crippen molar-refractivity contribution in [3.63, 3.8) is 0 Å². The van der Waals surface area contributed by atoms with Crippen LogP contribution in [0.5, 0.6) is 0 Å². The number of anilines is 1. The van der Waals surface area contributed by atoms with Gasteiger partial charge in [-0.1, -0.05) is 28.1 Å². The normalized spacial score (nSPS) is 10.6. The lowest BCUT2D eigenvalue weighted by Crippen LogP contribution is -2.19. The Morgan fingerprint density at radius 1 is 0.886 bits per heavy atom. The van der Waals surface area contributed by atoms with E-state index in [-0.39, 0.29) is 43.4 Å². The summed E-state index contributed by atoms with van der Waals surface area (Å²) in [6, 6.07) is 11.5. The molecule has 0 saturated carbocycles. The van der Waals surface area contributed by atoms with E-state index in [2.05, 4.69) is 21.2 Å². The maximum Gasteiger partial charge on any atom is 0.510 e. The van der Waals surface area contributed by atoms with Gasteiger partial charge in [-0.15, -0.1) is 0 Å². The van der Waals surface area contributed by atoms with Gasteiger partial charge in [0.2, 0.25) is 0 Å². The molecule has 0 fully saturated rings. The molecular formula is C24H28BrNO9. The number of ketones is 1. The number of aliphatic carboxylic acids is 1. The average molecular weight is 554 g/mol. The van der Waals surface area contributed by atoms with Crippen molar-refractivity contribution in [3.8, 4) is 0 Å². The summed E-state index contributed by atoms with van der Waals surface area (Å²) in [5.74, 6) is -1.37. The lowest BCUT2D eigenvalue weighted by atomic mass is 9.97. The monoisotopic (exact) mass is 553 g/mol. The zero-order valence-corrected chi connectivity index (χ0v) is 20.9. The van der Waals surface area contributed by atoms with E-state index in [0.717, 1.165) is 4.47 Å². The van der Waals surface area contributed by atoms with E-state index < -0.39 is 12.1 Å². The van der Waals surface area contributed by atoms with Crippen LogP contribution in [0.3, 0.4) is 0 Å². The average Bonchev–Trinajstić information content (AvgIpc) is 2.83. The predicted molar refractivity (Wildman–Crippen MR) is 130 cm³/mol. The molecule has 0 radical (unpaired) electrons. The standard InChI is InChI=1S/C24H28BrNO9/c1-31-9-10-32-11-12-33-13-14-34-24(30)35-16-26-22-18(15-21(27)28)3-2-4-20(22)23(29)17-5-7-19(25)8-6-17/h2-8,26H,9-16H2,1H3,(H,27,28). The third kappa shape index (κ3) is 10.4. The second-order valence-electron chi connectivity index (χ2n) is 7.03. The number of carbonyl (C=O) groups excluding carboxylic acids is 2. The number of halogens is 1. The summed E-state index contributed by atoms with van der Waals surface area (Å²) in [5.41, 5.74) is 1.32. The smallest absolute Gasteiger partial charge is 0.481 e. The van der Waals surface area contributed by atoms with E-state index >= 15 is 0 Å². The highest BCUT2D eigenvalue weighted by molar-refractivity contribution is 9.10. The van der Waals surface area contributed by atoms with E-state index in [4.69, 9.17) is 23.7 Å². The molecule has 2 aromatic rings. The number of para-hydroxylation sites is 1. The summed E-state index contributed by atoms with van der Waals surface area (Å²) >= 11 is 3.33. The molecule has 0 unspecified atom stereocenters. The van der Waals surface area contributed by atoms with E-state index in [0.29, 0.717) is 37.6 Å². The number of ether oxygens (including phenoxy) is 5. The number of carboxylic acid groups (broad SMARTS) is 1. The van der Waals surface area contributed by atoms with E-state index in [9.17, 15) is 19.5 Å². The lowest BCUT2D eigenvalue weighted by molar-refractivity contribution is -0.136. The second kappa shape index (κ2) is 15.8. The van der Waals surface area contributed by atoms with Crippen molar-refractivity contribution < 1.29 is 43.2 Å². The van der Waals surface area contributed by atoms with Crippen LogP contribution in [0.2, 0.25) is 0 Å². The van der Waals surface area contributed by atoms with Gasteiger partial charge in [-0.3, -0.25) is 9.59 Å². The van der Waals surface area contributed by atoms with Crippen molar-refractivity contribution in [2.24, 2.45) is 0 Å². The molecule has 190 valence electrons. The molecule has 0 aliphatic carbocycles. The summed E-state index contributed by atoms with van der Waals surface area (Å²) in [7, 11) is 1.59. The first-order chi connectivity index (χ1) is 16.9. The van der Waals surface area contributed by atoms with Gasteiger partial charge in [0, 0.05) is 22.7 Å². The number of rotatable bonds is 16. The molecule has 2 N–H and O–H groups in total. The molecule has 0 heterocycles. The number of benzene rings is 2. The van der Waals surface area contributed by atoms with Crippen LogP contribution in [0.1, 0.15) is 21.5 Å². The minimum Gasteiger partial charge on any atom is -0.481 e. The van der Waals surface area contributed by atoms with Crippen LogP contribution < -0.4 is 5.32 Å². The molecular weight excluding hydrogens is 526 g/mol. The van der Waals surface area contributed by atoms with Gasteiger partial charge < -0.3 is 34.1 Å². The Labute approximate surface area is 211 Å². The summed E-state index contributed by atoms with van der Waals surface area (Å²) in [4.78, 5) is 36.2. The molecule has 0 atom stereocenters. The van der Waals surface area contributed by atoms with Crippen LogP contribution in [-0.4, -0.2) is 76.5 Å². The van der Waals surface area contributed by atoms with Gasteiger partial charge in [-0.2, -0.15) is 0 Å². The van der Waals surface area contributed by atoms with Crippen molar-refractivity contribution in [3.05, 3.63) is 63.6 Å². The predicted octanol–water partition coefficient (Wildman–Crippen LogP) is 3.51. The zero-order chi connectivity index (χ0) is 25.5. The molecule has 0 amide bonds. The quantitative estimate of drug-likeness (QED) is 0.138. The first-order valence-corrected chi connectivity index (χ1v) is 11.5. The largest absolute Gasteiger partial charge is 0.510 e. The van der Waals surface area contributed by atoms with Crippen LogP contribution in [0.4, 0.5) is 10.5 Å². The minimum atomic E-state index is -1.06. The highest BCUT2D eigenvalue weighted by Crippen LogP contribution is 2.25. The van der Waals surface area contributed by atoms with Gasteiger partial charge in [0.05, 0.1) is 45.1 Å². The lowest BCUT2D eigenvalue weighted by Gasteiger charge is -2.16. The molecule has 0 aliphatic heterocycles. The molecule has 2 aromatic carbocycles. The minimum absolute atomic E-state index is 0.0141. The van der Waals surface area contributed by atoms with Crippen molar-refractivity contribution in [1.82, 2.24) is 0 Å². The Hall–Kier alpha value is -2.99. The molecule has 0 aromatic heterocycles. The number of nitrogens with one attached hydrogen (secondary N) is 1. The Balaban J connectivity index is 1.88. The summed E-state index contributed by atoms with van der Waals surface area (Å²) in [5, 5.41) is 12.1.